The lowest BCUT2D eigenvalue weighted by atomic mass is 9.99. The lowest BCUT2D eigenvalue weighted by Gasteiger charge is -2.13. The number of benzene rings is 1. The Morgan fingerprint density at radius 3 is 1.50 bits per heavy atom. The van der Waals surface area contributed by atoms with E-state index in [2.05, 4.69) is 0 Å². The first-order valence-electron chi connectivity index (χ1n) is 3.98. The summed E-state index contributed by atoms with van der Waals surface area (Å²) in [5.41, 5.74) is 11.2. The molecule has 0 saturated carbocycles. The predicted octanol–water partition coefficient (Wildman–Crippen LogP) is 3.16. The van der Waals surface area contributed by atoms with Gasteiger partial charge >= 0.3 is 0 Å². The molecule has 0 aromatic heterocycles. The minimum absolute atomic E-state index is 0.846. The minimum atomic E-state index is 0.846. The lowest BCUT2D eigenvalue weighted by Crippen LogP contribution is -1.99. The zero-order valence-electron chi connectivity index (χ0n) is 7.96. The summed E-state index contributed by atoms with van der Waals surface area (Å²) >= 11 is 6.10. The number of nitrogen functional groups attached to an aromatic ring is 1. The molecule has 1 aromatic carbocycles. The van der Waals surface area contributed by atoms with Gasteiger partial charge < -0.3 is 5.73 Å². The molecule has 0 bridgehead atoms. The van der Waals surface area contributed by atoms with Gasteiger partial charge in [-0.15, -0.1) is 0 Å². The molecule has 1 rings (SSSR count). The molecule has 2 N–H and O–H groups in total. The van der Waals surface area contributed by atoms with Crippen molar-refractivity contribution in [1.82, 2.24) is 0 Å². The number of hydrogen-bond donors (Lipinski definition) is 1. The van der Waals surface area contributed by atoms with Gasteiger partial charge in [-0.3, -0.25) is 0 Å². The van der Waals surface area contributed by atoms with Crippen LogP contribution in [0.1, 0.15) is 22.3 Å². The molecule has 0 fully saturated rings. The molecule has 0 amide bonds. The Kier molecular flexibility index (Phi) is 2.34. The summed E-state index contributed by atoms with van der Waals surface area (Å²) in [6.07, 6.45) is 0. The summed E-state index contributed by atoms with van der Waals surface area (Å²) in [7, 11) is 0. The first-order valence-corrected chi connectivity index (χ1v) is 4.36. The fraction of sp³-hybridized carbons (Fsp3) is 0.400. The lowest BCUT2D eigenvalue weighted by molar-refractivity contribution is 1.25. The van der Waals surface area contributed by atoms with Crippen molar-refractivity contribution in [2.75, 3.05) is 5.73 Å². The third kappa shape index (κ3) is 1.18. The van der Waals surface area contributed by atoms with E-state index >= 15 is 0 Å². The van der Waals surface area contributed by atoms with Crippen LogP contribution in [0.4, 0.5) is 5.69 Å². The standard InChI is InChI=1S/C10H14ClN/c1-5-7(3)10(12)8(4)6(2)9(5)11/h12H2,1-4H3. The van der Waals surface area contributed by atoms with E-state index in [4.69, 9.17) is 17.3 Å². The fourth-order valence-electron chi connectivity index (χ4n) is 1.30. The van der Waals surface area contributed by atoms with Gasteiger partial charge in [-0.05, 0) is 49.9 Å². The van der Waals surface area contributed by atoms with E-state index in [1.54, 1.807) is 0 Å². The van der Waals surface area contributed by atoms with Crippen molar-refractivity contribution in [3.63, 3.8) is 0 Å². The van der Waals surface area contributed by atoms with E-state index in [9.17, 15) is 0 Å². The fourth-order valence-corrected chi connectivity index (χ4v) is 1.58. The predicted molar refractivity (Wildman–Crippen MR) is 54.8 cm³/mol. The molecule has 0 spiro atoms. The largest absolute Gasteiger partial charge is 0.398 e. The SMILES string of the molecule is Cc1c(C)c(Cl)c(C)c(C)c1N. The van der Waals surface area contributed by atoms with Crippen LogP contribution in [0.2, 0.25) is 5.02 Å². The van der Waals surface area contributed by atoms with E-state index in [0.29, 0.717) is 0 Å². The van der Waals surface area contributed by atoms with E-state index < -0.39 is 0 Å². The zero-order valence-corrected chi connectivity index (χ0v) is 8.71. The molecule has 0 aliphatic carbocycles. The first kappa shape index (κ1) is 9.40. The van der Waals surface area contributed by atoms with E-state index in [1.165, 1.54) is 0 Å². The molecule has 66 valence electrons. The van der Waals surface area contributed by atoms with Crippen molar-refractivity contribution in [2.24, 2.45) is 0 Å². The van der Waals surface area contributed by atoms with Gasteiger partial charge in [0.1, 0.15) is 0 Å². The van der Waals surface area contributed by atoms with Gasteiger partial charge in [-0.25, -0.2) is 0 Å². The summed E-state index contributed by atoms with van der Waals surface area (Å²) < 4.78 is 0. The average Bonchev–Trinajstić information content (AvgIpc) is 2.08. The first-order chi connectivity index (χ1) is 5.46. The van der Waals surface area contributed by atoms with Gasteiger partial charge in [0.2, 0.25) is 0 Å². The van der Waals surface area contributed by atoms with Crippen molar-refractivity contribution in [2.45, 2.75) is 27.7 Å². The van der Waals surface area contributed by atoms with Crippen LogP contribution < -0.4 is 5.73 Å². The van der Waals surface area contributed by atoms with Crippen LogP contribution in [0.3, 0.4) is 0 Å². The maximum absolute atomic E-state index is 6.10. The molecule has 12 heavy (non-hydrogen) atoms. The average molecular weight is 184 g/mol. The van der Waals surface area contributed by atoms with Crippen LogP contribution in [0, 0.1) is 27.7 Å². The molecule has 1 nitrogen and oxygen atoms in total. The Morgan fingerprint density at radius 1 is 0.833 bits per heavy atom. The van der Waals surface area contributed by atoms with Gasteiger partial charge in [0.25, 0.3) is 0 Å². The Balaban J connectivity index is 3.60. The van der Waals surface area contributed by atoms with Crippen molar-refractivity contribution >= 4 is 17.3 Å². The molecule has 0 saturated heterocycles. The summed E-state index contributed by atoms with van der Waals surface area (Å²) in [5.74, 6) is 0. The summed E-state index contributed by atoms with van der Waals surface area (Å²) in [5, 5.41) is 0.846. The minimum Gasteiger partial charge on any atom is -0.398 e. The molecule has 0 aliphatic rings. The van der Waals surface area contributed by atoms with Crippen LogP contribution in [-0.2, 0) is 0 Å². The second kappa shape index (κ2) is 2.98. The molecule has 0 radical (unpaired) electrons. The summed E-state index contributed by atoms with van der Waals surface area (Å²) in [4.78, 5) is 0. The van der Waals surface area contributed by atoms with Crippen molar-refractivity contribution < 1.29 is 0 Å². The Labute approximate surface area is 78.5 Å². The number of rotatable bonds is 0. The zero-order chi connectivity index (χ0) is 9.46. The Morgan fingerprint density at radius 2 is 1.17 bits per heavy atom. The highest BCUT2D eigenvalue weighted by Crippen LogP contribution is 2.31. The molecule has 2 heteroatoms. The van der Waals surface area contributed by atoms with Crippen LogP contribution in [0.25, 0.3) is 0 Å². The Hall–Kier alpha value is -0.690. The highest BCUT2D eigenvalue weighted by molar-refractivity contribution is 6.32. The van der Waals surface area contributed by atoms with Crippen molar-refractivity contribution in [1.29, 1.82) is 0 Å². The molecule has 1 aromatic rings. The number of nitrogens with two attached hydrogens (primary N) is 1. The topological polar surface area (TPSA) is 26.0 Å². The summed E-state index contributed by atoms with van der Waals surface area (Å²) in [6, 6.07) is 0. The van der Waals surface area contributed by atoms with Crippen molar-refractivity contribution in [3.05, 3.63) is 27.3 Å². The van der Waals surface area contributed by atoms with Crippen LogP contribution in [0.15, 0.2) is 0 Å². The van der Waals surface area contributed by atoms with Gasteiger partial charge in [0, 0.05) is 10.7 Å². The quantitative estimate of drug-likeness (QED) is 0.615. The highest BCUT2D eigenvalue weighted by Gasteiger charge is 2.10. The van der Waals surface area contributed by atoms with Crippen LogP contribution in [-0.4, -0.2) is 0 Å². The molecule has 0 heterocycles. The molecule has 0 unspecified atom stereocenters. The normalized spacial score (nSPS) is 10.4. The molecular formula is C10H14ClN. The smallest absolute Gasteiger partial charge is 0.0471 e. The second-order valence-electron chi connectivity index (χ2n) is 3.23. The number of halogens is 1. The van der Waals surface area contributed by atoms with E-state index in [-0.39, 0.29) is 0 Å². The third-order valence-electron chi connectivity index (χ3n) is 2.59. The number of anilines is 1. The maximum Gasteiger partial charge on any atom is 0.0471 e. The van der Waals surface area contributed by atoms with Crippen LogP contribution in [0.5, 0.6) is 0 Å². The summed E-state index contributed by atoms with van der Waals surface area (Å²) in [6.45, 7) is 8.01. The second-order valence-corrected chi connectivity index (χ2v) is 3.61. The van der Waals surface area contributed by atoms with E-state index in [0.717, 1.165) is 33.0 Å². The van der Waals surface area contributed by atoms with Crippen molar-refractivity contribution in [3.8, 4) is 0 Å². The third-order valence-corrected chi connectivity index (χ3v) is 3.16. The maximum atomic E-state index is 6.10. The molecule has 0 atom stereocenters. The number of hydrogen-bond acceptors (Lipinski definition) is 1. The highest BCUT2D eigenvalue weighted by atomic mass is 35.5. The van der Waals surface area contributed by atoms with Gasteiger partial charge in [-0.2, -0.15) is 0 Å². The molecular weight excluding hydrogens is 170 g/mol. The van der Waals surface area contributed by atoms with E-state index in [1.807, 2.05) is 27.7 Å². The molecule has 0 aliphatic heterocycles. The monoisotopic (exact) mass is 183 g/mol. The Bertz CT molecular complexity index is 224. The van der Waals surface area contributed by atoms with Crippen LogP contribution >= 0.6 is 11.6 Å². The van der Waals surface area contributed by atoms with Gasteiger partial charge in [0.05, 0.1) is 0 Å². The van der Waals surface area contributed by atoms with Gasteiger partial charge in [0.15, 0.2) is 0 Å². The van der Waals surface area contributed by atoms with Gasteiger partial charge in [-0.1, -0.05) is 11.6 Å².